The van der Waals surface area contributed by atoms with Crippen molar-refractivity contribution >= 4 is 11.8 Å². The number of hydrogen-bond acceptors (Lipinski definition) is 6. The van der Waals surface area contributed by atoms with Gasteiger partial charge in [0.1, 0.15) is 11.5 Å². The van der Waals surface area contributed by atoms with E-state index in [1.165, 1.54) is 13.2 Å². The third-order valence-corrected chi connectivity index (χ3v) is 3.26. The lowest BCUT2D eigenvalue weighted by atomic mass is 10.1. The molecule has 1 aliphatic rings. The molecule has 0 radical (unpaired) electrons. The maximum Gasteiger partial charge on any atom is 0.235 e. The molecule has 0 aromatic heterocycles. The highest BCUT2D eigenvalue weighted by Gasteiger charge is 2.18. The minimum absolute atomic E-state index is 0.512. The predicted octanol–water partition coefficient (Wildman–Crippen LogP) is 1.79. The molecule has 0 aliphatic carbocycles. The predicted molar refractivity (Wildman–Crippen MR) is 78.6 cm³/mol. The average molecular weight is 294 g/mol. The molecular weight excluding hydrogens is 276 g/mol. The van der Waals surface area contributed by atoms with Gasteiger partial charge in [-0.25, -0.2) is 0 Å². The summed E-state index contributed by atoms with van der Waals surface area (Å²) in [5.41, 5.74) is 1.50. The van der Waals surface area contributed by atoms with Crippen molar-refractivity contribution in [3.8, 4) is 11.5 Å². The first-order chi connectivity index (χ1) is 10.2. The van der Waals surface area contributed by atoms with Crippen LogP contribution in [0.2, 0.25) is 0 Å². The Hall–Kier alpha value is -2.28. The van der Waals surface area contributed by atoms with Gasteiger partial charge in [-0.3, -0.25) is 10.1 Å². The number of methoxy groups -OCH3 is 2. The van der Waals surface area contributed by atoms with E-state index >= 15 is 0 Å². The van der Waals surface area contributed by atoms with Gasteiger partial charge in [0, 0.05) is 30.8 Å². The minimum Gasteiger partial charge on any atom is -0.496 e. The van der Waals surface area contributed by atoms with Crippen LogP contribution in [0.15, 0.2) is 18.3 Å². The van der Waals surface area contributed by atoms with Gasteiger partial charge in [-0.05, 0) is 6.07 Å². The van der Waals surface area contributed by atoms with Crippen LogP contribution in [0.1, 0.15) is 5.56 Å². The molecule has 114 valence electrons. The van der Waals surface area contributed by atoms with Crippen LogP contribution < -0.4 is 14.4 Å². The zero-order valence-corrected chi connectivity index (χ0v) is 12.1. The molecule has 0 amide bonds. The molecule has 1 aromatic rings. The summed E-state index contributed by atoms with van der Waals surface area (Å²) in [5, 5.41) is 10.5. The minimum atomic E-state index is -0.512. The van der Waals surface area contributed by atoms with E-state index in [4.69, 9.17) is 14.2 Å². The lowest BCUT2D eigenvalue weighted by Gasteiger charge is -2.30. The number of rotatable bonds is 5. The Labute approximate surface area is 122 Å². The van der Waals surface area contributed by atoms with Crippen LogP contribution in [-0.4, -0.2) is 45.4 Å². The topological polar surface area (TPSA) is 74.1 Å². The van der Waals surface area contributed by atoms with Crippen molar-refractivity contribution in [2.24, 2.45) is 0 Å². The first-order valence-corrected chi connectivity index (χ1v) is 6.56. The fourth-order valence-corrected chi connectivity index (χ4v) is 2.23. The van der Waals surface area contributed by atoms with Crippen molar-refractivity contribution in [2.75, 3.05) is 45.4 Å². The third-order valence-electron chi connectivity index (χ3n) is 3.26. The van der Waals surface area contributed by atoms with E-state index in [0.717, 1.165) is 25.0 Å². The largest absolute Gasteiger partial charge is 0.496 e. The van der Waals surface area contributed by atoms with E-state index in [1.807, 2.05) is 6.07 Å². The summed E-state index contributed by atoms with van der Waals surface area (Å²) in [6.07, 6.45) is 2.27. The monoisotopic (exact) mass is 294 g/mol. The Balaban J connectivity index is 2.39. The van der Waals surface area contributed by atoms with Crippen LogP contribution in [0.25, 0.3) is 6.08 Å². The molecule has 1 aromatic carbocycles. The fourth-order valence-electron chi connectivity index (χ4n) is 2.23. The second-order valence-electron chi connectivity index (χ2n) is 4.47. The Morgan fingerprint density at radius 3 is 2.48 bits per heavy atom. The molecule has 0 N–H and O–H groups in total. The van der Waals surface area contributed by atoms with Crippen molar-refractivity contribution in [3.63, 3.8) is 0 Å². The molecule has 0 atom stereocenters. The smallest absolute Gasteiger partial charge is 0.235 e. The van der Waals surface area contributed by atoms with Crippen LogP contribution >= 0.6 is 0 Å². The van der Waals surface area contributed by atoms with Crippen molar-refractivity contribution < 1.29 is 19.1 Å². The second-order valence-corrected chi connectivity index (χ2v) is 4.47. The molecule has 0 bridgehead atoms. The van der Waals surface area contributed by atoms with Gasteiger partial charge in [0.25, 0.3) is 0 Å². The number of anilines is 1. The van der Waals surface area contributed by atoms with Crippen molar-refractivity contribution in [1.29, 1.82) is 0 Å². The van der Waals surface area contributed by atoms with Gasteiger partial charge in [0.05, 0.1) is 38.0 Å². The normalized spacial score (nSPS) is 15.2. The standard InChI is InChI=1S/C14H18N2O5/c1-19-13-10-12(15-5-7-21-8-6-15)14(20-2)9-11(13)3-4-16(17)18/h3-4,9-10H,5-8H2,1-2H3/b4-3+. The summed E-state index contributed by atoms with van der Waals surface area (Å²) in [5.74, 6) is 1.22. The van der Waals surface area contributed by atoms with Crippen LogP contribution in [0.4, 0.5) is 5.69 Å². The lowest BCUT2D eigenvalue weighted by Crippen LogP contribution is -2.36. The zero-order valence-electron chi connectivity index (χ0n) is 12.1. The molecule has 21 heavy (non-hydrogen) atoms. The highest BCUT2D eigenvalue weighted by molar-refractivity contribution is 5.70. The maximum absolute atomic E-state index is 10.5. The highest BCUT2D eigenvalue weighted by atomic mass is 16.6. The Morgan fingerprint density at radius 2 is 1.90 bits per heavy atom. The first kappa shape index (κ1) is 15.1. The second kappa shape index (κ2) is 6.94. The van der Waals surface area contributed by atoms with E-state index in [-0.39, 0.29) is 0 Å². The van der Waals surface area contributed by atoms with E-state index in [1.54, 1.807) is 13.2 Å². The lowest BCUT2D eigenvalue weighted by molar-refractivity contribution is -0.400. The van der Waals surface area contributed by atoms with Crippen LogP contribution in [0.3, 0.4) is 0 Å². The van der Waals surface area contributed by atoms with Crippen molar-refractivity contribution in [2.45, 2.75) is 0 Å². The van der Waals surface area contributed by atoms with Crippen LogP contribution in [0, 0.1) is 10.1 Å². The average Bonchev–Trinajstić information content (AvgIpc) is 2.52. The number of hydrogen-bond donors (Lipinski definition) is 0. The van der Waals surface area contributed by atoms with Gasteiger partial charge < -0.3 is 19.1 Å². The SMILES string of the molecule is COc1cc(N2CCOCC2)c(OC)cc1/C=C/[N+](=O)[O-]. The van der Waals surface area contributed by atoms with E-state index < -0.39 is 4.92 Å². The molecule has 7 nitrogen and oxygen atoms in total. The molecular formula is C14H18N2O5. The fraction of sp³-hybridized carbons (Fsp3) is 0.429. The number of nitro groups is 1. The third kappa shape index (κ3) is 3.63. The summed E-state index contributed by atoms with van der Waals surface area (Å²) in [4.78, 5) is 12.1. The summed E-state index contributed by atoms with van der Waals surface area (Å²) < 4.78 is 16.1. The Bertz CT molecular complexity index is 538. The Kier molecular flexibility index (Phi) is 4.99. The van der Waals surface area contributed by atoms with Gasteiger partial charge in [-0.1, -0.05) is 0 Å². The number of morpholine rings is 1. The van der Waals surface area contributed by atoms with Crippen molar-refractivity contribution in [1.82, 2.24) is 0 Å². The Morgan fingerprint density at radius 1 is 1.24 bits per heavy atom. The van der Waals surface area contributed by atoms with Gasteiger partial charge in [-0.2, -0.15) is 0 Å². The number of benzene rings is 1. The summed E-state index contributed by atoms with van der Waals surface area (Å²) in [7, 11) is 3.11. The van der Waals surface area contributed by atoms with E-state index in [9.17, 15) is 10.1 Å². The highest BCUT2D eigenvalue weighted by Crippen LogP contribution is 2.36. The molecule has 0 saturated carbocycles. The number of nitrogens with zero attached hydrogens (tertiary/aromatic N) is 2. The van der Waals surface area contributed by atoms with Crippen LogP contribution in [-0.2, 0) is 4.74 Å². The first-order valence-electron chi connectivity index (χ1n) is 6.56. The van der Waals surface area contributed by atoms with Gasteiger partial charge in [0.2, 0.25) is 6.20 Å². The van der Waals surface area contributed by atoms with Crippen molar-refractivity contribution in [3.05, 3.63) is 34.0 Å². The molecule has 0 unspecified atom stereocenters. The van der Waals surface area contributed by atoms with E-state index in [0.29, 0.717) is 30.3 Å². The number of ether oxygens (including phenoxy) is 3. The van der Waals surface area contributed by atoms with Gasteiger partial charge >= 0.3 is 0 Å². The zero-order chi connectivity index (χ0) is 15.2. The summed E-state index contributed by atoms with van der Waals surface area (Å²) in [6, 6.07) is 3.58. The van der Waals surface area contributed by atoms with Crippen LogP contribution in [0.5, 0.6) is 11.5 Å². The van der Waals surface area contributed by atoms with Gasteiger partial charge in [0.15, 0.2) is 0 Å². The van der Waals surface area contributed by atoms with E-state index in [2.05, 4.69) is 4.90 Å². The quantitative estimate of drug-likeness (QED) is 0.609. The molecule has 2 rings (SSSR count). The summed E-state index contributed by atoms with van der Waals surface area (Å²) in [6.45, 7) is 2.86. The molecule has 1 fully saturated rings. The molecule has 1 heterocycles. The molecule has 7 heteroatoms. The molecule has 1 aliphatic heterocycles. The molecule has 1 saturated heterocycles. The maximum atomic E-state index is 10.5. The summed E-state index contributed by atoms with van der Waals surface area (Å²) >= 11 is 0. The van der Waals surface area contributed by atoms with Gasteiger partial charge in [-0.15, -0.1) is 0 Å². The molecule has 0 spiro atoms.